The number of thiazole rings is 1. The predicted octanol–water partition coefficient (Wildman–Crippen LogP) is 5.93. The number of aromatic nitrogens is 1. The van der Waals surface area contributed by atoms with Crippen LogP contribution in [0, 0.1) is 0 Å². The number of para-hydroxylation sites is 1. The Bertz CT molecular complexity index is 1070. The van der Waals surface area contributed by atoms with Crippen LogP contribution in [0.2, 0.25) is 0 Å². The molecular formula is C26H25NO3S. The highest BCUT2D eigenvalue weighted by Gasteiger charge is 2.38. The Balaban J connectivity index is 1.27. The molecule has 0 amide bonds. The number of hydrogen-bond acceptors (Lipinski definition) is 5. The summed E-state index contributed by atoms with van der Waals surface area (Å²) in [5.74, 6) is 0. The first kappa shape index (κ1) is 20.3. The van der Waals surface area contributed by atoms with Crippen LogP contribution in [0.3, 0.4) is 0 Å². The summed E-state index contributed by atoms with van der Waals surface area (Å²) in [4.78, 5) is 4.81. The Morgan fingerprint density at radius 3 is 2.26 bits per heavy atom. The van der Waals surface area contributed by atoms with E-state index in [0.717, 1.165) is 28.1 Å². The van der Waals surface area contributed by atoms with Crippen molar-refractivity contribution in [2.75, 3.05) is 6.61 Å². The van der Waals surface area contributed by atoms with Crippen molar-refractivity contribution >= 4 is 21.6 Å². The maximum atomic E-state index is 6.41. The SMILES string of the molecule is c1ccc(COC[C@H]2O[C@H](c3nc4ccccc4s3)C[C@@H]2OCc2ccccc2)cc1. The summed E-state index contributed by atoms with van der Waals surface area (Å²) < 4.78 is 19.9. The maximum absolute atomic E-state index is 6.41. The molecule has 1 saturated heterocycles. The molecular weight excluding hydrogens is 406 g/mol. The van der Waals surface area contributed by atoms with Gasteiger partial charge in [-0.15, -0.1) is 11.3 Å². The van der Waals surface area contributed by atoms with E-state index < -0.39 is 0 Å². The molecule has 1 aliphatic rings. The molecule has 5 rings (SSSR count). The van der Waals surface area contributed by atoms with Gasteiger partial charge in [0.05, 0.1) is 36.1 Å². The molecule has 0 spiro atoms. The van der Waals surface area contributed by atoms with Crippen molar-refractivity contribution < 1.29 is 14.2 Å². The van der Waals surface area contributed by atoms with Crippen LogP contribution in [-0.4, -0.2) is 23.8 Å². The maximum Gasteiger partial charge on any atom is 0.123 e. The van der Waals surface area contributed by atoms with Gasteiger partial charge in [-0.25, -0.2) is 4.98 Å². The summed E-state index contributed by atoms with van der Waals surface area (Å²) in [7, 11) is 0. The predicted molar refractivity (Wildman–Crippen MR) is 123 cm³/mol. The quantitative estimate of drug-likeness (QED) is 0.347. The third-order valence-electron chi connectivity index (χ3n) is 5.49. The molecule has 1 aromatic heterocycles. The Hall–Kier alpha value is -2.57. The van der Waals surface area contributed by atoms with Gasteiger partial charge in [-0.05, 0) is 23.3 Å². The van der Waals surface area contributed by atoms with Crippen molar-refractivity contribution in [1.82, 2.24) is 4.98 Å². The zero-order valence-corrected chi connectivity index (χ0v) is 18.0. The van der Waals surface area contributed by atoms with E-state index in [1.54, 1.807) is 11.3 Å². The van der Waals surface area contributed by atoms with Crippen LogP contribution < -0.4 is 0 Å². The lowest BCUT2D eigenvalue weighted by Crippen LogP contribution is -2.29. The van der Waals surface area contributed by atoms with Crippen molar-refractivity contribution in [3.63, 3.8) is 0 Å². The molecule has 0 bridgehead atoms. The topological polar surface area (TPSA) is 40.6 Å². The average molecular weight is 432 g/mol. The molecule has 0 aliphatic carbocycles. The lowest BCUT2D eigenvalue weighted by atomic mass is 10.1. The molecule has 4 aromatic rings. The third-order valence-corrected chi connectivity index (χ3v) is 6.62. The molecule has 4 nitrogen and oxygen atoms in total. The van der Waals surface area contributed by atoms with E-state index in [1.807, 2.05) is 54.6 Å². The van der Waals surface area contributed by atoms with Gasteiger partial charge in [0.1, 0.15) is 17.2 Å². The highest BCUT2D eigenvalue weighted by Crippen LogP contribution is 2.38. The fraction of sp³-hybridized carbons (Fsp3) is 0.269. The number of fused-ring (bicyclic) bond motifs is 1. The monoisotopic (exact) mass is 431 g/mol. The number of rotatable bonds is 8. The summed E-state index contributed by atoms with van der Waals surface area (Å²) in [5, 5.41) is 1.01. The number of benzene rings is 3. The second-order valence-electron chi connectivity index (χ2n) is 7.75. The smallest absolute Gasteiger partial charge is 0.123 e. The van der Waals surface area contributed by atoms with Crippen LogP contribution in [0.25, 0.3) is 10.2 Å². The van der Waals surface area contributed by atoms with Gasteiger partial charge >= 0.3 is 0 Å². The molecule has 31 heavy (non-hydrogen) atoms. The Kier molecular flexibility index (Phi) is 6.37. The van der Waals surface area contributed by atoms with Gasteiger partial charge in [0.25, 0.3) is 0 Å². The molecule has 1 fully saturated rings. The van der Waals surface area contributed by atoms with E-state index in [9.17, 15) is 0 Å². The van der Waals surface area contributed by atoms with Gasteiger partial charge in [0, 0.05) is 6.42 Å². The molecule has 5 heteroatoms. The third kappa shape index (κ3) is 5.02. The van der Waals surface area contributed by atoms with Crippen LogP contribution in [0.5, 0.6) is 0 Å². The van der Waals surface area contributed by atoms with Crippen LogP contribution in [-0.2, 0) is 27.4 Å². The van der Waals surface area contributed by atoms with Gasteiger partial charge in [0.15, 0.2) is 0 Å². The number of nitrogens with zero attached hydrogens (tertiary/aromatic N) is 1. The largest absolute Gasteiger partial charge is 0.374 e. The van der Waals surface area contributed by atoms with Crippen LogP contribution in [0.4, 0.5) is 0 Å². The molecule has 0 unspecified atom stereocenters. The van der Waals surface area contributed by atoms with Gasteiger partial charge in [-0.3, -0.25) is 0 Å². The van der Waals surface area contributed by atoms with E-state index in [0.29, 0.717) is 19.8 Å². The number of hydrogen-bond donors (Lipinski definition) is 0. The Morgan fingerprint density at radius 2 is 1.52 bits per heavy atom. The highest BCUT2D eigenvalue weighted by molar-refractivity contribution is 7.18. The van der Waals surface area contributed by atoms with E-state index in [1.165, 1.54) is 4.70 Å². The minimum absolute atomic E-state index is 0.0343. The molecule has 3 atom stereocenters. The van der Waals surface area contributed by atoms with Crippen molar-refractivity contribution in [2.24, 2.45) is 0 Å². The minimum Gasteiger partial charge on any atom is -0.374 e. The second-order valence-corrected chi connectivity index (χ2v) is 8.82. The first-order chi connectivity index (χ1) is 15.3. The first-order valence-electron chi connectivity index (χ1n) is 10.6. The van der Waals surface area contributed by atoms with Crippen molar-refractivity contribution in [1.29, 1.82) is 0 Å². The van der Waals surface area contributed by atoms with Gasteiger partial charge in [0.2, 0.25) is 0 Å². The highest BCUT2D eigenvalue weighted by atomic mass is 32.1. The normalized spacial score (nSPS) is 21.0. The minimum atomic E-state index is -0.121. The summed E-state index contributed by atoms with van der Waals surface area (Å²) in [6.07, 6.45) is 0.562. The van der Waals surface area contributed by atoms with E-state index in [4.69, 9.17) is 19.2 Å². The van der Waals surface area contributed by atoms with Crippen molar-refractivity contribution in [2.45, 2.75) is 37.9 Å². The molecule has 1 aliphatic heterocycles. The van der Waals surface area contributed by atoms with Crippen LogP contribution in [0.15, 0.2) is 84.9 Å². The van der Waals surface area contributed by atoms with E-state index in [2.05, 4.69) is 30.3 Å². The fourth-order valence-corrected chi connectivity index (χ4v) is 4.89. The average Bonchev–Trinajstić information content (AvgIpc) is 3.43. The summed E-state index contributed by atoms with van der Waals surface area (Å²) in [6.45, 7) is 1.63. The molecule has 0 radical (unpaired) electrons. The summed E-state index contributed by atoms with van der Waals surface area (Å²) in [5.41, 5.74) is 3.34. The molecule has 158 valence electrons. The molecule has 2 heterocycles. The zero-order valence-electron chi connectivity index (χ0n) is 17.2. The fourth-order valence-electron chi connectivity index (χ4n) is 3.87. The van der Waals surface area contributed by atoms with Gasteiger partial charge < -0.3 is 14.2 Å². The van der Waals surface area contributed by atoms with E-state index >= 15 is 0 Å². The van der Waals surface area contributed by atoms with Gasteiger partial charge in [-0.1, -0.05) is 72.8 Å². The van der Waals surface area contributed by atoms with Gasteiger partial charge in [-0.2, -0.15) is 0 Å². The van der Waals surface area contributed by atoms with E-state index in [-0.39, 0.29) is 18.3 Å². The Labute approximate surface area is 186 Å². The second kappa shape index (κ2) is 9.71. The standard InChI is InChI=1S/C26H25NO3S/c1-3-9-19(10-4-1)16-28-18-24-22(29-17-20-11-5-2-6-12-20)15-23(30-24)26-27-21-13-7-8-14-25(21)31-26/h1-14,22-24H,15-18H2/t22-,23-,24+/m0/s1. The van der Waals surface area contributed by atoms with Crippen LogP contribution >= 0.6 is 11.3 Å². The lowest BCUT2D eigenvalue weighted by molar-refractivity contribution is -0.0715. The lowest BCUT2D eigenvalue weighted by Gasteiger charge is -2.19. The summed E-state index contributed by atoms with van der Waals surface area (Å²) in [6, 6.07) is 28.7. The molecule has 3 aromatic carbocycles. The van der Waals surface area contributed by atoms with Crippen LogP contribution in [0.1, 0.15) is 28.7 Å². The first-order valence-corrected chi connectivity index (χ1v) is 11.4. The molecule has 0 N–H and O–H groups in total. The Morgan fingerprint density at radius 1 is 0.839 bits per heavy atom. The zero-order chi connectivity index (χ0) is 20.9. The van der Waals surface area contributed by atoms with Crippen molar-refractivity contribution in [3.8, 4) is 0 Å². The van der Waals surface area contributed by atoms with Crippen molar-refractivity contribution in [3.05, 3.63) is 101 Å². The number of ether oxygens (including phenoxy) is 3. The molecule has 0 saturated carbocycles. The summed E-state index contributed by atoms with van der Waals surface area (Å²) >= 11 is 1.70.